The minimum absolute atomic E-state index is 0.274. The lowest BCUT2D eigenvalue weighted by Crippen LogP contribution is -2.51. The number of alkyl halides is 1. The maximum absolute atomic E-state index is 13.3. The molecule has 2 nitrogen and oxygen atoms in total. The van der Waals surface area contributed by atoms with Crippen LogP contribution in [-0.2, 0) is 4.74 Å². The summed E-state index contributed by atoms with van der Waals surface area (Å²) in [6.45, 7) is 11.7. The van der Waals surface area contributed by atoms with Gasteiger partial charge in [0.25, 0.3) is 0 Å². The maximum atomic E-state index is 13.3. The van der Waals surface area contributed by atoms with E-state index in [1.165, 1.54) is 0 Å². The second-order valence-electron chi connectivity index (χ2n) is 5.68. The summed E-state index contributed by atoms with van der Waals surface area (Å²) >= 11 is 0. The van der Waals surface area contributed by atoms with E-state index in [-0.39, 0.29) is 6.61 Å². The second kappa shape index (κ2) is 6.55. The number of hydrogen-bond donors (Lipinski definition) is 0. The molecule has 0 amide bonds. The van der Waals surface area contributed by atoms with Gasteiger partial charge in [-0.05, 0) is 26.2 Å². The molecule has 1 saturated heterocycles. The molecule has 1 rings (SSSR count). The molecule has 3 heteroatoms. The third-order valence-electron chi connectivity index (χ3n) is 3.10. The fourth-order valence-corrected chi connectivity index (χ4v) is 2.08. The number of nitrogens with zero attached hydrogens (tertiary/aromatic N) is 1. The summed E-state index contributed by atoms with van der Waals surface area (Å²) in [6, 6.07) is 0.631. The Morgan fingerprint density at radius 3 is 2.38 bits per heavy atom. The van der Waals surface area contributed by atoms with Gasteiger partial charge in [-0.2, -0.15) is 0 Å². The van der Waals surface area contributed by atoms with Gasteiger partial charge in [-0.3, -0.25) is 0 Å². The molecule has 0 unspecified atom stereocenters. The van der Waals surface area contributed by atoms with Crippen LogP contribution in [0.1, 0.15) is 34.1 Å². The van der Waals surface area contributed by atoms with E-state index in [9.17, 15) is 4.39 Å². The highest BCUT2D eigenvalue weighted by Crippen LogP contribution is 2.18. The zero-order valence-electron chi connectivity index (χ0n) is 11.1. The van der Waals surface area contributed by atoms with Crippen LogP contribution < -0.4 is 0 Å². The predicted octanol–water partition coefficient (Wildman–Crippen LogP) is 2.73. The number of hydrogen-bond acceptors (Lipinski definition) is 2. The summed E-state index contributed by atoms with van der Waals surface area (Å²) < 4.78 is 18.7. The average molecular weight is 231 g/mol. The molecule has 0 aromatic rings. The van der Waals surface area contributed by atoms with E-state index in [0.717, 1.165) is 19.7 Å². The monoisotopic (exact) mass is 231 g/mol. The summed E-state index contributed by atoms with van der Waals surface area (Å²) in [5, 5.41) is 0. The van der Waals surface area contributed by atoms with Crippen molar-refractivity contribution in [3.8, 4) is 0 Å². The van der Waals surface area contributed by atoms with Crippen LogP contribution in [0.3, 0.4) is 0 Å². The number of likely N-dealkylation sites (tertiary alicyclic amines) is 1. The lowest BCUT2D eigenvalue weighted by Gasteiger charge is -2.41. The maximum Gasteiger partial charge on any atom is 0.124 e. The molecule has 1 heterocycles. The van der Waals surface area contributed by atoms with Crippen LogP contribution in [0.2, 0.25) is 0 Å². The Hall–Kier alpha value is -0.150. The van der Waals surface area contributed by atoms with Gasteiger partial charge >= 0.3 is 0 Å². The van der Waals surface area contributed by atoms with E-state index in [4.69, 9.17) is 4.74 Å². The first-order chi connectivity index (χ1) is 7.49. The molecule has 1 aliphatic heterocycles. The minimum atomic E-state index is -0.790. The Morgan fingerprint density at radius 1 is 1.25 bits per heavy atom. The molecular weight excluding hydrogens is 205 g/mol. The predicted molar refractivity (Wildman–Crippen MR) is 65.4 cm³/mol. The van der Waals surface area contributed by atoms with E-state index < -0.39 is 6.17 Å². The van der Waals surface area contributed by atoms with E-state index in [1.807, 2.05) is 13.8 Å². The highest BCUT2D eigenvalue weighted by Gasteiger charge is 2.28. The normalized spacial score (nSPS) is 20.4. The summed E-state index contributed by atoms with van der Waals surface area (Å²) in [4.78, 5) is 2.41. The zero-order chi connectivity index (χ0) is 12.1. The molecule has 0 saturated carbocycles. The third kappa shape index (κ3) is 4.79. The van der Waals surface area contributed by atoms with Gasteiger partial charge in [0.1, 0.15) is 6.17 Å². The molecule has 96 valence electrons. The van der Waals surface area contributed by atoms with Crippen molar-refractivity contribution in [1.82, 2.24) is 4.90 Å². The van der Waals surface area contributed by atoms with Crippen LogP contribution in [-0.4, -0.2) is 43.4 Å². The van der Waals surface area contributed by atoms with Crippen molar-refractivity contribution in [3.05, 3.63) is 0 Å². The SMILES string of the molecule is CC(C)C[C@@H](F)COCC1CN(C(C)C)C1. The Morgan fingerprint density at radius 2 is 1.88 bits per heavy atom. The standard InChI is InChI=1S/C13H26FNO/c1-10(2)5-13(14)9-16-8-12-6-15(7-12)11(3)4/h10-13H,5-9H2,1-4H3/t13-/m1/s1. The van der Waals surface area contributed by atoms with E-state index in [1.54, 1.807) is 0 Å². The molecule has 0 bridgehead atoms. The second-order valence-corrected chi connectivity index (χ2v) is 5.68. The van der Waals surface area contributed by atoms with E-state index >= 15 is 0 Å². The van der Waals surface area contributed by atoms with Crippen molar-refractivity contribution < 1.29 is 9.13 Å². The molecule has 1 fully saturated rings. The molecule has 1 atom stereocenters. The largest absolute Gasteiger partial charge is 0.378 e. The van der Waals surface area contributed by atoms with Crippen molar-refractivity contribution in [2.24, 2.45) is 11.8 Å². The Balaban J connectivity index is 1.97. The summed E-state index contributed by atoms with van der Waals surface area (Å²) in [5.41, 5.74) is 0. The number of rotatable bonds is 7. The smallest absolute Gasteiger partial charge is 0.124 e. The molecule has 16 heavy (non-hydrogen) atoms. The number of halogens is 1. The average Bonchev–Trinajstić information content (AvgIpc) is 2.06. The first kappa shape index (κ1) is 13.9. The molecule has 1 aliphatic rings. The van der Waals surface area contributed by atoms with Gasteiger partial charge in [0.15, 0.2) is 0 Å². The topological polar surface area (TPSA) is 12.5 Å². The highest BCUT2D eigenvalue weighted by atomic mass is 19.1. The first-order valence-electron chi connectivity index (χ1n) is 6.45. The van der Waals surface area contributed by atoms with Gasteiger partial charge in [0, 0.05) is 25.0 Å². The van der Waals surface area contributed by atoms with Crippen molar-refractivity contribution in [1.29, 1.82) is 0 Å². The van der Waals surface area contributed by atoms with Crippen molar-refractivity contribution >= 4 is 0 Å². The summed E-state index contributed by atoms with van der Waals surface area (Å²) in [5.74, 6) is 1.03. The Bertz CT molecular complexity index is 190. The fraction of sp³-hybridized carbons (Fsp3) is 1.00. The Kier molecular flexibility index (Phi) is 5.70. The molecule has 0 N–H and O–H groups in total. The molecule has 0 aliphatic carbocycles. The first-order valence-corrected chi connectivity index (χ1v) is 6.45. The van der Waals surface area contributed by atoms with Gasteiger partial charge in [0.2, 0.25) is 0 Å². The van der Waals surface area contributed by atoms with E-state index in [0.29, 0.717) is 24.3 Å². The lowest BCUT2D eigenvalue weighted by molar-refractivity contribution is -0.0159. The van der Waals surface area contributed by atoms with Crippen LogP contribution in [0.15, 0.2) is 0 Å². The molecule has 0 aromatic carbocycles. The quantitative estimate of drug-likeness (QED) is 0.668. The van der Waals surface area contributed by atoms with Gasteiger partial charge in [-0.25, -0.2) is 4.39 Å². The van der Waals surface area contributed by atoms with E-state index in [2.05, 4.69) is 18.7 Å². The van der Waals surface area contributed by atoms with Gasteiger partial charge in [-0.15, -0.1) is 0 Å². The minimum Gasteiger partial charge on any atom is -0.378 e. The lowest BCUT2D eigenvalue weighted by atomic mass is 9.99. The summed E-state index contributed by atoms with van der Waals surface area (Å²) in [7, 11) is 0. The molecular formula is C13H26FNO. The Labute approximate surface area is 99.2 Å². The van der Waals surface area contributed by atoms with Crippen molar-refractivity contribution in [3.63, 3.8) is 0 Å². The van der Waals surface area contributed by atoms with Gasteiger partial charge < -0.3 is 9.64 Å². The van der Waals surface area contributed by atoms with Gasteiger partial charge in [-0.1, -0.05) is 13.8 Å². The van der Waals surface area contributed by atoms with Crippen LogP contribution in [0.5, 0.6) is 0 Å². The highest BCUT2D eigenvalue weighted by molar-refractivity contribution is 4.81. The van der Waals surface area contributed by atoms with Crippen LogP contribution >= 0.6 is 0 Å². The van der Waals surface area contributed by atoms with Crippen molar-refractivity contribution in [2.75, 3.05) is 26.3 Å². The zero-order valence-corrected chi connectivity index (χ0v) is 11.1. The van der Waals surface area contributed by atoms with Crippen LogP contribution in [0, 0.1) is 11.8 Å². The summed E-state index contributed by atoms with van der Waals surface area (Å²) in [6.07, 6.45) is -0.177. The van der Waals surface area contributed by atoms with Gasteiger partial charge in [0.05, 0.1) is 13.2 Å². The van der Waals surface area contributed by atoms with Crippen LogP contribution in [0.4, 0.5) is 4.39 Å². The molecule has 0 radical (unpaired) electrons. The molecule has 0 spiro atoms. The fourth-order valence-electron chi connectivity index (χ4n) is 2.08. The number of ether oxygens (including phenoxy) is 1. The molecule has 0 aromatic heterocycles. The van der Waals surface area contributed by atoms with Crippen LogP contribution in [0.25, 0.3) is 0 Å². The van der Waals surface area contributed by atoms with Crippen molar-refractivity contribution in [2.45, 2.75) is 46.3 Å². The third-order valence-corrected chi connectivity index (χ3v) is 3.10.